The second-order valence-electron chi connectivity index (χ2n) is 6.28. The van der Waals surface area contributed by atoms with Gasteiger partial charge in [-0.1, -0.05) is 13.8 Å². The molecule has 1 amide bonds. The lowest BCUT2D eigenvalue weighted by atomic mass is 9.82. The van der Waals surface area contributed by atoms with E-state index in [-0.39, 0.29) is 0 Å². The van der Waals surface area contributed by atoms with E-state index in [1.807, 2.05) is 0 Å². The second kappa shape index (κ2) is 4.31. The van der Waals surface area contributed by atoms with Crippen LogP contribution in [0.3, 0.4) is 0 Å². The van der Waals surface area contributed by atoms with Gasteiger partial charge in [-0.15, -0.1) is 0 Å². The van der Waals surface area contributed by atoms with Crippen molar-refractivity contribution in [1.29, 1.82) is 0 Å². The number of carbonyl (C=O) groups is 2. The van der Waals surface area contributed by atoms with Crippen LogP contribution in [0.5, 0.6) is 0 Å². The van der Waals surface area contributed by atoms with Crippen LogP contribution in [0.2, 0.25) is 0 Å². The predicted molar refractivity (Wildman–Crippen MR) is 63.1 cm³/mol. The molecule has 110 valence electrons. The highest BCUT2D eigenvalue weighted by Crippen LogP contribution is 2.48. The summed E-state index contributed by atoms with van der Waals surface area (Å²) in [6.45, 7) is 6.07. The van der Waals surface area contributed by atoms with Crippen LogP contribution in [0.4, 0.5) is 13.6 Å². The third-order valence-electron chi connectivity index (χ3n) is 3.17. The van der Waals surface area contributed by atoms with Crippen LogP contribution in [0, 0.1) is 5.41 Å². The summed E-state index contributed by atoms with van der Waals surface area (Å²) < 4.78 is 32.7. The number of likely N-dealkylation sites (tertiary alicyclic amines) is 1. The number of carboxylic acid groups (broad SMARTS) is 1. The van der Waals surface area contributed by atoms with Crippen LogP contribution >= 0.6 is 0 Å². The number of halogens is 2. The Hall–Kier alpha value is -1.40. The van der Waals surface area contributed by atoms with E-state index in [0.29, 0.717) is 4.90 Å². The number of aliphatic carboxylic acids is 1. The van der Waals surface area contributed by atoms with Gasteiger partial charge in [0.15, 0.2) is 0 Å². The van der Waals surface area contributed by atoms with E-state index in [0.717, 1.165) is 13.8 Å². The zero-order chi connectivity index (χ0) is 15.2. The monoisotopic (exact) mass is 279 g/mol. The quantitative estimate of drug-likeness (QED) is 0.800. The standard InChI is InChI=1S/C12H19F2NO4/c1-10(2,3)19-9(18)15-6-12(13,14)11(4,5)7(15)8(16)17/h7H,6H2,1-5H3,(H,16,17)/t7-/m0/s1. The van der Waals surface area contributed by atoms with Crippen molar-refractivity contribution in [1.82, 2.24) is 4.90 Å². The molecule has 1 aliphatic rings. The first-order chi connectivity index (χ1) is 8.29. The van der Waals surface area contributed by atoms with Crippen molar-refractivity contribution in [3.05, 3.63) is 0 Å². The highest BCUT2D eigenvalue weighted by Gasteiger charge is 2.65. The van der Waals surface area contributed by atoms with E-state index in [2.05, 4.69) is 0 Å². The molecule has 19 heavy (non-hydrogen) atoms. The molecule has 0 radical (unpaired) electrons. The van der Waals surface area contributed by atoms with Crippen LogP contribution in [-0.2, 0) is 9.53 Å². The van der Waals surface area contributed by atoms with E-state index in [4.69, 9.17) is 9.84 Å². The maximum Gasteiger partial charge on any atom is 0.411 e. The van der Waals surface area contributed by atoms with Gasteiger partial charge in [0.1, 0.15) is 11.6 Å². The van der Waals surface area contributed by atoms with Gasteiger partial charge in [0.25, 0.3) is 5.92 Å². The van der Waals surface area contributed by atoms with Crippen molar-refractivity contribution >= 4 is 12.1 Å². The molecule has 1 fully saturated rings. The van der Waals surface area contributed by atoms with Gasteiger partial charge < -0.3 is 9.84 Å². The molecule has 0 aromatic rings. The lowest BCUT2D eigenvalue weighted by Gasteiger charge is -2.31. The van der Waals surface area contributed by atoms with Gasteiger partial charge in [-0.2, -0.15) is 0 Å². The molecule has 1 N–H and O–H groups in total. The smallest absolute Gasteiger partial charge is 0.411 e. The average molecular weight is 279 g/mol. The zero-order valence-electron chi connectivity index (χ0n) is 11.7. The summed E-state index contributed by atoms with van der Waals surface area (Å²) in [5.41, 5.74) is -2.72. The Morgan fingerprint density at radius 1 is 1.32 bits per heavy atom. The topological polar surface area (TPSA) is 66.8 Å². The first kappa shape index (κ1) is 15.7. The lowest BCUT2D eigenvalue weighted by molar-refractivity contribution is -0.149. The molecule has 0 spiro atoms. The summed E-state index contributed by atoms with van der Waals surface area (Å²) in [4.78, 5) is 23.7. The number of rotatable bonds is 1. The summed E-state index contributed by atoms with van der Waals surface area (Å²) in [6, 6.07) is -1.61. The predicted octanol–water partition coefficient (Wildman–Crippen LogP) is 2.35. The molecule has 1 rings (SSSR count). The molecule has 0 aromatic carbocycles. The lowest BCUT2D eigenvalue weighted by Crippen LogP contribution is -2.48. The summed E-state index contributed by atoms with van der Waals surface area (Å²) in [5.74, 6) is -4.75. The second-order valence-corrected chi connectivity index (χ2v) is 6.28. The number of nitrogens with zero attached hydrogens (tertiary/aromatic N) is 1. The van der Waals surface area contributed by atoms with Crippen molar-refractivity contribution in [2.24, 2.45) is 5.41 Å². The minimum Gasteiger partial charge on any atom is -0.480 e. The van der Waals surface area contributed by atoms with Crippen LogP contribution in [0.25, 0.3) is 0 Å². The molecule has 1 aliphatic heterocycles. The number of carboxylic acids is 1. The van der Waals surface area contributed by atoms with Gasteiger partial charge in [-0.05, 0) is 20.8 Å². The van der Waals surface area contributed by atoms with Crippen molar-refractivity contribution in [3.63, 3.8) is 0 Å². The highest BCUT2D eigenvalue weighted by molar-refractivity contribution is 5.82. The largest absolute Gasteiger partial charge is 0.480 e. The number of carbonyl (C=O) groups excluding carboxylic acids is 1. The summed E-state index contributed by atoms with van der Waals surface area (Å²) in [5, 5.41) is 9.12. The van der Waals surface area contributed by atoms with E-state index in [9.17, 15) is 18.4 Å². The van der Waals surface area contributed by atoms with Crippen LogP contribution < -0.4 is 0 Å². The average Bonchev–Trinajstić information content (AvgIpc) is 2.30. The molecule has 1 heterocycles. The van der Waals surface area contributed by atoms with E-state index in [1.165, 1.54) is 0 Å². The number of hydrogen-bond acceptors (Lipinski definition) is 3. The minimum atomic E-state index is -3.28. The Kier molecular flexibility index (Phi) is 3.56. The Labute approximate surface area is 110 Å². The maximum atomic E-state index is 13.9. The summed E-state index contributed by atoms with van der Waals surface area (Å²) in [7, 11) is 0. The van der Waals surface area contributed by atoms with Gasteiger partial charge in [-0.25, -0.2) is 18.4 Å². The van der Waals surface area contributed by atoms with Crippen molar-refractivity contribution < 1.29 is 28.2 Å². The molecule has 0 bridgehead atoms. The van der Waals surface area contributed by atoms with E-state index in [1.54, 1.807) is 20.8 Å². The minimum absolute atomic E-state index is 0.591. The number of amides is 1. The van der Waals surface area contributed by atoms with Gasteiger partial charge >= 0.3 is 12.1 Å². The van der Waals surface area contributed by atoms with E-state index >= 15 is 0 Å². The fourth-order valence-corrected chi connectivity index (χ4v) is 2.03. The fourth-order valence-electron chi connectivity index (χ4n) is 2.03. The molecular formula is C12H19F2NO4. The van der Waals surface area contributed by atoms with Gasteiger partial charge in [0.2, 0.25) is 0 Å². The normalized spacial score (nSPS) is 25.2. The molecule has 0 unspecified atom stereocenters. The Bertz CT molecular complexity index is 401. The first-order valence-electron chi connectivity index (χ1n) is 5.90. The number of ether oxygens (including phenoxy) is 1. The molecule has 0 saturated carbocycles. The van der Waals surface area contributed by atoms with Gasteiger partial charge in [-0.3, -0.25) is 4.90 Å². The molecule has 0 aliphatic carbocycles. The Balaban J connectivity index is 3.08. The molecule has 0 aromatic heterocycles. The summed E-state index contributed by atoms with van der Waals surface area (Å²) in [6.07, 6.45) is -1.04. The molecule has 1 saturated heterocycles. The number of alkyl halides is 2. The number of hydrogen-bond donors (Lipinski definition) is 1. The Morgan fingerprint density at radius 3 is 2.16 bits per heavy atom. The highest BCUT2D eigenvalue weighted by atomic mass is 19.3. The SMILES string of the molecule is CC(C)(C)OC(=O)N1CC(F)(F)C(C)(C)[C@@H]1C(=O)O. The summed E-state index contributed by atoms with van der Waals surface area (Å²) >= 11 is 0. The molecule has 7 heteroatoms. The van der Waals surface area contributed by atoms with Gasteiger partial charge in [0.05, 0.1) is 12.0 Å². The van der Waals surface area contributed by atoms with Crippen molar-refractivity contribution in [2.75, 3.05) is 6.54 Å². The molecular weight excluding hydrogens is 260 g/mol. The van der Waals surface area contributed by atoms with Crippen LogP contribution in [-0.4, -0.2) is 46.2 Å². The Morgan fingerprint density at radius 2 is 1.79 bits per heavy atom. The third kappa shape index (κ3) is 2.79. The third-order valence-corrected chi connectivity index (χ3v) is 3.17. The van der Waals surface area contributed by atoms with Crippen molar-refractivity contribution in [2.45, 2.75) is 52.2 Å². The van der Waals surface area contributed by atoms with E-state index < -0.39 is 41.6 Å². The van der Waals surface area contributed by atoms with Crippen LogP contribution in [0.1, 0.15) is 34.6 Å². The van der Waals surface area contributed by atoms with Crippen molar-refractivity contribution in [3.8, 4) is 0 Å². The zero-order valence-corrected chi connectivity index (χ0v) is 11.7. The first-order valence-corrected chi connectivity index (χ1v) is 5.90. The fraction of sp³-hybridized carbons (Fsp3) is 0.833. The maximum absolute atomic E-state index is 13.9. The van der Waals surface area contributed by atoms with Gasteiger partial charge in [0, 0.05) is 0 Å². The molecule has 5 nitrogen and oxygen atoms in total. The molecule has 1 atom stereocenters. The van der Waals surface area contributed by atoms with Crippen LogP contribution in [0.15, 0.2) is 0 Å².